The first kappa shape index (κ1) is 13.4. The van der Waals surface area contributed by atoms with Gasteiger partial charge in [-0.15, -0.1) is 0 Å². The predicted octanol–water partition coefficient (Wildman–Crippen LogP) is 2.18. The molecule has 18 heavy (non-hydrogen) atoms. The molecular formula is C14H23NO3. The number of carbonyl (C=O) groups excluding carboxylic acids is 1. The van der Waals surface area contributed by atoms with Crippen molar-refractivity contribution >= 4 is 11.9 Å². The van der Waals surface area contributed by atoms with Gasteiger partial charge in [0.05, 0.1) is 5.92 Å². The lowest BCUT2D eigenvalue weighted by Crippen LogP contribution is -2.31. The molecule has 0 heterocycles. The maximum absolute atomic E-state index is 11.9. The zero-order valence-corrected chi connectivity index (χ0v) is 10.9. The van der Waals surface area contributed by atoms with Crippen molar-refractivity contribution in [3.8, 4) is 0 Å². The van der Waals surface area contributed by atoms with E-state index in [4.69, 9.17) is 5.11 Å². The zero-order valence-electron chi connectivity index (χ0n) is 10.9. The Hall–Kier alpha value is -1.06. The molecular weight excluding hydrogens is 230 g/mol. The van der Waals surface area contributed by atoms with Crippen LogP contribution in [-0.2, 0) is 9.59 Å². The van der Waals surface area contributed by atoms with E-state index < -0.39 is 5.97 Å². The number of hydrogen-bond donors (Lipinski definition) is 2. The topological polar surface area (TPSA) is 66.4 Å². The number of nitrogens with one attached hydrogen (secondary N) is 1. The maximum atomic E-state index is 11.9. The summed E-state index contributed by atoms with van der Waals surface area (Å²) in [5.41, 5.74) is 0. The number of amides is 1. The summed E-state index contributed by atoms with van der Waals surface area (Å²) in [5.74, 6) is -0.279. The molecule has 2 aliphatic rings. The molecule has 1 amide bonds. The highest BCUT2D eigenvalue weighted by atomic mass is 16.4. The second kappa shape index (κ2) is 6.21. The molecule has 4 nitrogen and oxygen atoms in total. The summed E-state index contributed by atoms with van der Waals surface area (Å²) in [4.78, 5) is 22.7. The van der Waals surface area contributed by atoms with Gasteiger partial charge in [-0.1, -0.05) is 25.7 Å². The largest absolute Gasteiger partial charge is 0.481 e. The van der Waals surface area contributed by atoms with Gasteiger partial charge in [0.1, 0.15) is 0 Å². The molecule has 2 rings (SSSR count). The van der Waals surface area contributed by atoms with E-state index in [2.05, 4.69) is 5.32 Å². The fourth-order valence-corrected chi connectivity index (χ4v) is 3.29. The van der Waals surface area contributed by atoms with E-state index in [1.165, 1.54) is 25.7 Å². The first-order chi connectivity index (χ1) is 8.66. The van der Waals surface area contributed by atoms with Crippen LogP contribution in [-0.4, -0.2) is 23.5 Å². The summed E-state index contributed by atoms with van der Waals surface area (Å²) >= 11 is 0. The summed E-state index contributed by atoms with van der Waals surface area (Å²) in [5, 5.41) is 11.9. The molecule has 0 aromatic heterocycles. The highest BCUT2D eigenvalue weighted by Gasteiger charge is 2.33. The zero-order chi connectivity index (χ0) is 13.0. The minimum atomic E-state index is -0.753. The van der Waals surface area contributed by atoms with Gasteiger partial charge in [0, 0.05) is 12.5 Å². The van der Waals surface area contributed by atoms with E-state index in [1.54, 1.807) is 0 Å². The van der Waals surface area contributed by atoms with Gasteiger partial charge < -0.3 is 10.4 Å². The van der Waals surface area contributed by atoms with Crippen molar-refractivity contribution in [1.82, 2.24) is 5.32 Å². The minimum absolute atomic E-state index is 0.0664. The van der Waals surface area contributed by atoms with Crippen molar-refractivity contribution in [2.45, 2.75) is 51.4 Å². The Morgan fingerprint density at radius 2 is 1.72 bits per heavy atom. The second-order valence-corrected chi connectivity index (χ2v) is 5.78. The van der Waals surface area contributed by atoms with Crippen LogP contribution in [0.15, 0.2) is 0 Å². The smallest absolute Gasteiger partial charge is 0.306 e. The highest BCUT2D eigenvalue weighted by Crippen LogP contribution is 2.31. The SMILES string of the molecule is O=C(O)C1CCC(C(=O)NCCC2CCCC2)C1. The third-order valence-electron chi connectivity index (χ3n) is 4.48. The quantitative estimate of drug-likeness (QED) is 0.789. The van der Waals surface area contributed by atoms with E-state index in [1.807, 2.05) is 0 Å². The third kappa shape index (κ3) is 3.47. The van der Waals surface area contributed by atoms with E-state index in [0.717, 1.165) is 25.3 Å². The van der Waals surface area contributed by atoms with E-state index in [-0.39, 0.29) is 17.7 Å². The van der Waals surface area contributed by atoms with Gasteiger partial charge in [0.15, 0.2) is 0 Å². The second-order valence-electron chi connectivity index (χ2n) is 5.78. The Labute approximate surface area is 108 Å². The maximum Gasteiger partial charge on any atom is 0.306 e. The summed E-state index contributed by atoms with van der Waals surface area (Å²) in [6.45, 7) is 0.762. The van der Waals surface area contributed by atoms with Gasteiger partial charge in [0.25, 0.3) is 0 Å². The molecule has 0 aromatic rings. The Balaban J connectivity index is 1.64. The Bertz CT molecular complexity index is 310. The summed E-state index contributed by atoms with van der Waals surface area (Å²) in [6, 6.07) is 0. The molecule has 102 valence electrons. The minimum Gasteiger partial charge on any atom is -0.481 e. The van der Waals surface area contributed by atoms with Crippen LogP contribution in [0.25, 0.3) is 0 Å². The van der Waals surface area contributed by atoms with Crippen molar-refractivity contribution < 1.29 is 14.7 Å². The van der Waals surface area contributed by atoms with Crippen molar-refractivity contribution in [2.75, 3.05) is 6.54 Å². The molecule has 0 saturated heterocycles. The predicted molar refractivity (Wildman–Crippen MR) is 68.1 cm³/mol. The van der Waals surface area contributed by atoms with Crippen LogP contribution in [0.1, 0.15) is 51.4 Å². The molecule has 0 radical (unpaired) electrons. The monoisotopic (exact) mass is 253 g/mol. The molecule has 2 saturated carbocycles. The lowest BCUT2D eigenvalue weighted by Gasteiger charge is -2.13. The number of aliphatic carboxylic acids is 1. The Kier molecular flexibility index (Phi) is 4.61. The van der Waals surface area contributed by atoms with Crippen molar-refractivity contribution in [2.24, 2.45) is 17.8 Å². The Morgan fingerprint density at radius 3 is 2.33 bits per heavy atom. The third-order valence-corrected chi connectivity index (χ3v) is 4.48. The first-order valence-corrected chi connectivity index (χ1v) is 7.17. The first-order valence-electron chi connectivity index (χ1n) is 7.17. The number of carboxylic acids is 1. The normalized spacial score (nSPS) is 28.4. The van der Waals surface area contributed by atoms with Crippen LogP contribution in [0, 0.1) is 17.8 Å². The standard InChI is InChI=1S/C14H23NO3/c16-13(11-5-6-12(9-11)14(17)18)15-8-7-10-3-1-2-4-10/h10-12H,1-9H2,(H,15,16)(H,17,18). The van der Waals surface area contributed by atoms with Crippen molar-refractivity contribution in [3.05, 3.63) is 0 Å². The van der Waals surface area contributed by atoms with Crippen LogP contribution >= 0.6 is 0 Å². The molecule has 4 heteroatoms. The molecule has 0 spiro atoms. The van der Waals surface area contributed by atoms with Crippen molar-refractivity contribution in [3.63, 3.8) is 0 Å². The van der Waals surface area contributed by atoms with E-state index >= 15 is 0 Å². The molecule has 2 fully saturated rings. The molecule has 2 atom stereocenters. The molecule has 2 aliphatic carbocycles. The van der Waals surface area contributed by atoms with Crippen LogP contribution in [0.5, 0.6) is 0 Å². The van der Waals surface area contributed by atoms with Gasteiger partial charge in [-0.3, -0.25) is 9.59 Å². The van der Waals surface area contributed by atoms with Crippen LogP contribution in [0.4, 0.5) is 0 Å². The van der Waals surface area contributed by atoms with E-state index in [9.17, 15) is 9.59 Å². The van der Waals surface area contributed by atoms with Crippen LogP contribution in [0.3, 0.4) is 0 Å². The lowest BCUT2D eigenvalue weighted by molar-refractivity contribution is -0.141. The van der Waals surface area contributed by atoms with Crippen LogP contribution in [0.2, 0.25) is 0 Å². The molecule has 2 unspecified atom stereocenters. The number of hydrogen-bond acceptors (Lipinski definition) is 2. The summed E-state index contributed by atoms with van der Waals surface area (Å²) < 4.78 is 0. The number of carboxylic acid groups (broad SMARTS) is 1. The molecule has 2 N–H and O–H groups in total. The fourth-order valence-electron chi connectivity index (χ4n) is 3.29. The van der Waals surface area contributed by atoms with Gasteiger partial charge in [0.2, 0.25) is 5.91 Å². The fraction of sp³-hybridized carbons (Fsp3) is 0.857. The average molecular weight is 253 g/mol. The average Bonchev–Trinajstić information content (AvgIpc) is 2.99. The molecule has 0 aliphatic heterocycles. The van der Waals surface area contributed by atoms with Gasteiger partial charge in [-0.2, -0.15) is 0 Å². The lowest BCUT2D eigenvalue weighted by atomic mass is 10.0. The van der Waals surface area contributed by atoms with E-state index in [0.29, 0.717) is 12.8 Å². The number of carbonyl (C=O) groups is 2. The summed E-state index contributed by atoms with van der Waals surface area (Å²) in [6.07, 6.45) is 8.26. The van der Waals surface area contributed by atoms with Crippen LogP contribution < -0.4 is 5.32 Å². The van der Waals surface area contributed by atoms with Gasteiger partial charge in [-0.05, 0) is 31.6 Å². The molecule has 0 bridgehead atoms. The summed E-state index contributed by atoms with van der Waals surface area (Å²) in [7, 11) is 0. The Morgan fingerprint density at radius 1 is 1.06 bits per heavy atom. The molecule has 0 aromatic carbocycles. The van der Waals surface area contributed by atoms with Gasteiger partial charge in [-0.25, -0.2) is 0 Å². The van der Waals surface area contributed by atoms with Gasteiger partial charge >= 0.3 is 5.97 Å². The van der Waals surface area contributed by atoms with Crippen molar-refractivity contribution in [1.29, 1.82) is 0 Å². The highest BCUT2D eigenvalue weighted by molar-refractivity contribution is 5.80. The number of rotatable bonds is 5.